The van der Waals surface area contributed by atoms with Gasteiger partial charge in [0, 0.05) is 12.1 Å². The molecule has 2 rings (SSSR count). The van der Waals surface area contributed by atoms with E-state index in [1.54, 1.807) is 0 Å². The molecular weight excluding hydrogens is 262 g/mol. The highest BCUT2D eigenvalue weighted by molar-refractivity contribution is 5.42. The van der Waals surface area contributed by atoms with E-state index in [0.717, 1.165) is 29.2 Å². The third-order valence-electron chi connectivity index (χ3n) is 3.10. The van der Waals surface area contributed by atoms with Gasteiger partial charge in [-0.05, 0) is 51.0 Å². The molecule has 112 valence electrons. The number of benzene rings is 2. The Kier molecular flexibility index (Phi) is 5.23. The van der Waals surface area contributed by atoms with E-state index in [2.05, 4.69) is 13.0 Å². The van der Waals surface area contributed by atoms with Crippen molar-refractivity contribution in [2.75, 3.05) is 6.61 Å². The molecule has 2 N–H and O–H groups in total. The first kappa shape index (κ1) is 15.4. The van der Waals surface area contributed by atoms with Crippen LogP contribution in [0.4, 0.5) is 0 Å². The zero-order valence-corrected chi connectivity index (χ0v) is 12.9. The Morgan fingerprint density at radius 2 is 1.86 bits per heavy atom. The molecule has 0 saturated carbocycles. The summed E-state index contributed by atoms with van der Waals surface area (Å²) in [7, 11) is 0. The number of hydrogen-bond acceptors (Lipinski definition) is 3. The Morgan fingerprint density at radius 3 is 2.57 bits per heavy atom. The summed E-state index contributed by atoms with van der Waals surface area (Å²) >= 11 is 0. The molecule has 0 spiro atoms. The molecule has 0 amide bonds. The van der Waals surface area contributed by atoms with Crippen molar-refractivity contribution >= 4 is 0 Å². The molecule has 0 fully saturated rings. The molecule has 0 bridgehead atoms. The standard InChI is InChI=1S/C18H23NO2/c1-4-20-16-6-5-7-17(12-16)21-18-9-8-13(2)10-15(18)11-14(3)19/h5-10,12,14H,4,11,19H2,1-3H3. The minimum absolute atomic E-state index is 0.101. The fourth-order valence-electron chi connectivity index (χ4n) is 2.24. The second-order valence-corrected chi connectivity index (χ2v) is 5.30. The van der Waals surface area contributed by atoms with Crippen LogP contribution in [0.2, 0.25) is 0 Å². The van der Waals surface area contributed by atoms with Gasteiger partial charge >= 0.3 is 0 Å². The first-order chi connectivity index (χ1) is 10.1. The number of ether oxygens (including phenoxy) is 2. The van der Waals surface area contributed by atoms with Crippen LogP contribution in [0.1, 0.15) is 25.0 Å². The predicted molar refractivity (Wildman–Crippen MR) is 86.2 cm³/mol. The zero-order chi connectivity index (χ0) is 15.2. The van der Waals surface area contributed by atoms with Gasteiger partial charge in [-0.25, -0.2) is 0 Å². The van der Waals surface area contributed by atoms with Crippen LogP contribution in [0.25, 0.3) is 0 Å². The van der Waals surface area contributed by atoms with Crippen molar-refractivity contribution in [1.29, 1.82) is 0 Å². The third-order valence-corrected chi connectivity index (χ3v) is 3.10. The summed E-state index contributed by atoms with van der Waals surface area (Å²) in [5.41, 5.74) is 8.27. The molecule has 0 heterocycles. The Balaban J connectivity index is 2.24. The van der Waals surface area contributed by atoms with Crippen LogP contribution < -0.4 is 15.2 Å². The highest BCUT2D eigenvalue weighted by Crippen LogP contribution is 2.29. The first-order valence-electron chi connectivity index (χ1n) is 7.34. The fourth-order valence-corrected chi connectivity index (χ4v) is 2.24. The maximum absolute atomic E-state index is 6.02. The summed E-state index contributed by atoms with van der Waals surface area (Å²) < 4.78 is 11.5. The van der Waals surface area contributed by atoms with Crippen molar-refractivity contribution in [2.45, 2.75) is 33.2 Å². The van der Waals surface area contributed by atoms with Crippen molar-refractivity contribution in [3.8, 4) is 17.2 Å². The smallest absolute Gasteiger partial charge is 0.131 e. The topological polar surface area (TPSA) is 44.5 Å². The minimum Gasteiger partial charge on any atom is -0.494 e. The number of hydrogen-bond donors (Lipinski definition) is 1. The molecule has 1 atom stereocenters. The summed E-state index contributed by atoms with van der Waals surface area (Å²) in [4.78, 5) is 0. The first-order valence-corrected chi connectivity index (χ1v) is 7.34. The van der Waals surface area contributed by atoms with E-state index in [9.17, 15) is 0 Å². The second-order valence-electron chi connectivity index (χ2n) is 5.30. The summed E-state index contributed by atoms with van der Waals surface area (Å²) in [5.74, 6) is 2.44. The van der Waals surface area contributed by atoms with Gasteiger partial charge < -0.3 is 15.2 Å². The lowest BCUT2D eigenvalue weighted by atomic mass is 10.0. The Morgan fingerprint density at radius 1 is 1.10 bits per heavy atom. The van der Waals surface area contributed by atoms with Gasteiger partial charge in [0.15, 0.2) is 0 Å². The maximum Gasteiger partial charge on any atom is 0.131 e. The molecule has 0 radical (unpaired) electrons. The van der Waals surface area contributed by atoms with Crippen molar-refractivity contribution in [2.24, 2.45) is 5.73 Å². The van der Waals surface area contributed by atoms with Crippen molar-refractivity contribution in [1.82, 2.24) is 0 Å². The molecule has 3 heteroatoms. The molecule has 1 unspecified atom stereocenters. The van der Waals surface area contributed by atoms with Gasteiger partial charge in [-0.3, -0.25) is 0 Å². The van der Waals surface area contributed by atoms with Crippen LogP contribution in [0, 0.1) is 6.92 Å². The van der Waals surface area contributed by atoms with Gasteiger partial charge in [-0.1, -0.05) is 23.8 Å². The van der Waals surface area contributed by atoms with Gasteiger partial charge in [-0.2, -0.15) is 0 Å². The van der Waals surface area contributed by atoms with Crippen molar-refractivity contribution in [3.63, 3.8) is 0 Å². The largest absolute Gasteiger partial charge is 0.494 e. The van der Waals surface area contributed by atoms with Crippen molar-refractivity contribution < 1.29 is 9.47 Å². The molecule has 0 aromatic heterocycles. The van der Waals surface area contributed by atoms with Crippen LogP contribution in [-0.2, 0) is 6.42 Å². The molecule has 0 saturated heterocycles. The molecule has 2 aromatic rings. The number of aryl methyl sites for hydroxylation is 1. The summed E-state index contributed by atoms with van der Waals surface area (Å²) in [6.07, 6.45) is 0.794. The minimum atomic E-state index is 0.101. The van der Waals surface area contributed by atoms with E-state index < -0.39 is 0 Å². The van der Waals surface area contributed by atoms with E-state index in [1.807, 2.05) is 50.2 Å². The summed E-state index contributed by atoms with van der Waals surface area (Å²) in [5, 5.41) is 0. The highest BCUT2D eigenvalue weighted by Gasteiger charge is 2.08. The molecule has 0 aliphatic rings. The summed E-state index contributed by atoms with van der Waals surface area (Å²) in [6, 6.07) is 14.0. The normalized spacial score (nSPS) is 12.0. The number of rotatable bonds is 6. The lowest BCUT2D eigenvalue weighted by Crippen LogP contribution is -2.18. The fraction of sp³-hybridized carbons (Fsp3) is 0.333. The zero-order valence-electron chi connectivity index (χ0n) is 12.9. The quantitative estimate of drug-likeness (QED) is 0.870. The van der Waals surface area contributed by atoms with Gasteiger partial charge in [-0.15, -0.1) is 0 Å². The molecule has 0 aliphatic heterocycles. The van der Waals surface area contributed by atoms with E-state index in [4.69, 9.17) is 15.2 Å². The van der Waals surface area contributed by atoms with Gasteiger partial charge in [0.1, 0.15) is 17.2 Å². The van der Waals surface area contributed by atoms with Gasteiger partial charge in [0.05, 0.1) is 6.61 Å². The SMILES string of the molecule is CCOc1cccc(Oc2ccc(C)cc2CC(C)N)c1. The van der Waals surface area contributed by atoms with Crippen LogP contribution in [-0.4, -0.2) is 12.6 Å². The van der Waals surface area contributed by atoms with E-state index in [0.29, 0.717) is 6.61 Å². The molecule has 3 nitrogen and oxygen atoms in total. The third kappa shape index (κ3) is 4.50. The lowest BCUT2D eigenvalue weighted by Gasteiger charge is -2.14. The number of nitrogens with two attached hydrogens (primary N) is 1. The Bertz CT molecular complexity index is 594. The average Bonchev–Trinajstić information content (AvgIpc) is 2.42. The van der Waals surface area contributed by atoms with E-state index >= 15 is 0 Å². The lowest BCUT2D eigenvalue weighted by molar-refractivity contribution is 0.338. The van der Waals surface area contributed by atoms with Crippen LogP contribution in [0.3, 0.4) is 0 Å². The Labute approximate surface area is 126 Å². The van der Waals surface area contributed by atoms with Crippen LogP contribution >= 0.6 is 0 Å². The highest BCUT2D eigenvalue weighted by atomic mass is 16.5. The van der Waals surface area contributed by atoms with Gasteiger partial charge in [0.2, 0.25) is 0 Å². The molecule has 21 heavy (non-hydrogen) atoms. The molecule has 2 aromatic carbocycles. The molecular formula is C18H23NO2. The maximum atomic E-state index is 6.02. The Hall–Kier alpha value is -2.00. The van der Waals surface area contributed by atoms with E-state index in [1.165, 1.54) is 5.56 Å². The monoisotopic (exact) mass is 285 g/mol. The van der Waals surface area contributed by atoms with Gasteiger partial charge in [0.25, 0.3) is 0 Å². The predicted octanol–water partition coefficient (Wildman–Crippen LogP) is 4.08. The second kappa shape index (κ2) is 7.14. The van der Waals surface area contributed by atoms with Crippen LogP contribution in [0.15, 0.2) is 42.5 Å². The molecule has 0 aliphatic carbocycles. The van der Waals surface area contributed by atoms with Crippen molar-refractivity contribution in [3.05, 3.63) is 53.6 Å². The van der Waals surface area contributed by atoms with Crippen LogP contribution in [0.5, 0.6) is 17.2 Å². The average molecular weight is 285 g/mol. The summed E-state index contributed by atoms with van der Waals surface area (Å²) in [6.45, 7) is 6.68. The van der Waals surface area contributed by atoms with E-state index in [-0.39, 0.29) is 6.04 Å².